The van der Waals surface area contributed by atoms with Gasteiger partial charge in [0, 0.05) is 50.9 Å². The van der Waals surface area contributed by atoms with E-state index in [1.165, 1.54) is 0 Å². The van der Waals surface area contributed by atoms with Gasteiger partial charge < -0.3 is 19.6 Å². The van der Waals surface area contributed by atoms with Crippen molar-refractivity contribution in [1.29, 1.82) is 0 Å². The van der Waals surface area contributed by atoms with Gasteiger partial charge in [-0.2, -0.15) is 0 Å². The summed E-state index contributed by atoms with van der Waals surface area (Å²) in [4.78, 5) is 18.6. The molecule has 2 unspecified atom stereocenters. The minimum Gasteiger partial charge on any atom is -0.466 e. The number of carbonyl (C=O) groups excluding carboxylic acids is 1. The van der Waals surface area contributed by atoms with Gasteiger partial charge in [-0.05, 0) is 19.1 Å². The standard InChI is InChI=1S/C17H24N4O2/c1-3-16-19-7-9-20(16)8-6-17(22)21-10-13(14(18)11-21)15-5-4-12(2)23-15/h4-5,7,9,13-14H,3,6,8,10-11,18H2,1-2H3. The average Bonchev–Trinajstić information content (AvgIpc) is 3.24. The normalized spacial score (nSPS) is 21.1. The molecule has 1 aliphatic rings. The van der Waals surface area contributed by atoms with Crippen LogP contribution < -0.4 is 5.73 Å². The number of aryl methyl sites for hydroxylation is 3. The monoisotopic (exact) mass is 316 g/mol. The van der Waals surface area contributed by atoms with Crippen molar-refractivity contribution in [3.05, 3.63) is 41.9 Å². The summed E-state index contributed by atoms with van der Waals surface area (Å²) < 4.78 is 7.73. The number of aromatic nitrogens is 2. The van der Waals surface area contributed by atoms with Gasteiger partial charge in [-0.25, -0.2) is 4.98 Å². The molecule has 3 heterocycles. The lowest BCUT2D eigenvalue weighted by atomic mass is 10.0. The topological polar surface area (TPSA) is 77.3 Å². The van der Waals surface area contributed by atoms with Gasteiger partial charge in [-0.1, -0.05) is 6.92 Å². The van der Waals surface area contributed by atoms with Crippen LogP contribution in [0.1, 0.15) is 36.6 Å². The number of carbonyl (C=O) groups is 1. The van der Waals surface area contributed by atoms with E-state index in [1.54, 1.807) is 6.20 Å². The molecule has 2 N–H and O–H groups in total. The quantitative estimate of drug-likeness (QED) is 0.910. The molecule has 0 spiro atoms. The van der Waals surface area contributed by atoms with E-state index in [1.807, 2.05) is 34.7 Å². The Morgan fingerprint density at radius 3 is 2.96 bits per heavy atom. The van der Waals surface area contributed by atoms with E-state index < -0.39 is 0 Å². The van der Waals surface area contributed by atoms with Gasteiger partial charge >= 0.3 is 0 Å². The summed E-state index contributed by atoms with van der Waals surface area (Å²) in [5, 5.41) is 0. The lowest BCUT2D eigenvalue weighted by Gasteiger charge is -2.16. The Hall–Kier alpha value is -2.08. The molecular formula is C17H24N4O2. The van der Waals surface area contributed by atoms with Gasteiger partial charge in [-0.15, -0.1) is 0 Å². The number of furan rings is 1. The summed E-state index contributed by atoms with van der Waals surface area (Å²) in [6.07, 6.45) is 5.05. The zero-order valence-electron chi connectivity index (χ0n) is 13.7. The molecule has 2 aromatic heterocycles. The Bertz CT molecular complexity index is 676. The molecule has 0 radical (unpaired) electrons. The van der Waals surface area contributed by atoms with Crippen molar-refractivity contribution in [3.8, 4) is 0 Å². The van der Waals surface area contributed by atoms with Crippen LogP contribution in [0.3, 0.4) is 0 Å². The van der Waals surface area contributed by atoms with Gasteiger partial charge in [0.2, 0.25) is 5.91 Å². The Labute approximate surface area is 136 Å². The number of rotatable bonds is 5. The third kappa shape index (κ3) is 3.32. The Kier molecular flexibility index (Phi) is 4.52. The van der Waals surface area contributed by atoms with E-state index >= 15 is 0 Å². The smallest absolute Gasteiger partial charge is 0.224 e. The van der Waals surface area contributed by atoms with Crippen LogP contribution in [-0.2, 0) is 17.8 Å². The highest BCUT2D eigenvalue weighted by Crippen LogP contribution is 2.28. The summed E-state index contributed by atoms with van der Waals surface area (Å²) in [5.74, 6) is 3.01. The third-order valence-electron chi connectivity index (χ3n) is 4.53. The van der Waals surface area contributed by atoms with Crippen molar-refractivity contribution in [2.45, 2.75) is 45.2 Å². The van der Waals surface area contributed by atoms with Crippen molar-refractivity contribution in [2.75, 3.05) is 13.1 Å². The van der Waals surface area contributed by atoms with E-state index in [9.17, 15) is 4.79 Å². The van der Waals surface area contributed by atoms with E-state index in [-0.39, 0.29) is 17.9 Å². The molecule has 1 aliphatic heterocycles. The number of imidazole rings is 1. The minimum atomic E-state index is -0.0658. The molecule has 6 nitrogen and oxygen atoms in total. The maximum atomic E-state index is 12.5. The number of nitrogens with two attached hydrogens (primary N) is 1. The molecule has 1 fully saturated rings. The first kappa shape index (κ1) is 15.8. The molecular weight excluding hydrogens is 292 g/mol. The Morgan fingerprint density at radius 2 is 2.26 bits per heavy atom. The number of hydrogen-bond acceptors (Lipinski definition) is 4. The predicted molar refractivity (Wildman–Crippen MR) is 87.0 cm³/mol. The van der Waals surface area contributed by atoms with E-state index in [0.717, 1.165) is 23.8 Å². The largest absolute Gasteiger partial charge is 0.466 e. The van der Waals surface area contributed by atoms with Crippen LogP contribution in [0, 0.1) is 6.92 Å². The second kappa shape index (κ2) is 6.58. The molecule has 124 valence electrons. The lowest BCUT2D eigenvalue weighted by molar-refractivity contribution is -0.130. The highest BCUT2D eigenvalue weighted by Gasteiger charge is 2.35. The molecule has 0 bridgehead atoms. The molecule has 23 heavy (non-hydrogen) atoms. The van der Waals surface area contributed by atoms with Crippen LogP contribution in [0.4, 0.5) is 0 Å². The number of likely N-dealkylation sites (tertiary alicyclic amines) is 1. The van der Waals surface area contributed by atoms with Crippen LogP contribution in [0.25, 0.3) is 0 Å². The second-order valence-corrected chi connectivity index (χ2v) is 6.16. The SMILES string of the molecule is CCc1nccn1CCC(=O)N1CC(N)C(c2ccc(C)o2)C1. The van der Waals surface area contributed by atoms with Crippen LogP contribution in [0.5, 0.6) is 0 Å². The Morgan fingerprint density at radius 1 is 1.43 bits per heavy atom. The van der Waals surface area contributed by atoms with Crippen molar-refractivity contribution in [1.82, 2.24) is 14.5 Å². The zero-order chi connectivity index (χ0) is 16.4. The van der Waals surface area contributed by atoms with Crippen molar-refractivity contribution < 1.29 is 9.21 Å². The van der Waals surface area contributed by atoms with Gasteiger partial charge in [0.05, 0.1) is 5.92 Å². The summed E-state index contributed by atoms with van der Waals surface area (Å²) in [7, 11) is 0. The number of amides is 1. The molecule has 0 saturated carbocycles. The van der Waals surface area contributed by atoms with Crippen LogP contribution in [0.15, 0.2) is 28.9 Å². The van der Waals surface area contributed by atoms with Crippen molar-refractivity contribution in [3.63, 3.8) is 0 Å². The third-order valence-corrected chi connectivity index (χ3v) is 4.53. The average molecular weight is 316 g/mol. The molecule has 2 atom stereocenters. The summed E-state index contributed by atoms with van der Waals surface area (Å²) >= 11 is 0. The molecule has 1 amide bonds. The summed E-state index contributed by atoms with van der Waals surface area (Å²) in [6.45, 7) is 5.88. The highest BCUT2D eigenvalue weighted by molar-refractivity contribution is 5.76. The first-order valence-electron chi connectivity index (χ1n) is 8.18. The van der Waals surface area contributed by atoms with Gasteiger partial charge in [0.25, 0.3) is 0 Å². The first-order valence-corrected chi connectivity index (χ1v) is 8.18. The molecule has 0 aromatic carbocycles. The van der Waals surface area contributed by atoms with Gasteiger partial charge in [-0.3, -0.25) is 4.79 Å². The maximum Gasteiger partial charge on any atom is 0.224 e. The highest BCUT2D eigenvalue weighted by atomic mass is 16.3. The Balaban J connectivity index is 1.58. The van der Waals surface area contributed by atoms with Crippen LogP contribution in [0.2, 0.25) is 0 Å². The van der Waals surface area contributed by atoms with Crippen LogP contribution in [-0.4, -0.2) is 39.5 Å². The molecule has 0 aliphatic carbocycles. The predicted octanol–water partition coefficient (Wildman–Crippen LogP) is 1.69. The fourth-order valence-corrected chi connectivity index (χ4v) is 3.22. The number of hydrogen-bond donors (Lipinski definition) is 1. The number of nitrogens with zero attached hydrogens (tertiary/aromatic N) is 3. The summed E-state index contributed by atoms with van der Waals surface area (Å²) in [6, 6.07) is 3.84. The van der Waals surface area contributed by atoms with Crippen molar-refractivity contribution in [2.24, 2.45) is 5.73 Å². The molecule has 2 aromatic rings. The van der Waals surface area contributed by atoms with E-state index in [0.29, 0.717) is 26.1 Å². The first-order chi connectivity index (χ1) is 11.1. The van der Waals surface area contributed by atoms with E-state index in [4.69, 9.17) is 10.2 Å². The summed E-state index contributed by atoms with van der Waals surface area (Å²) in [5.41, 5.74) is 6.22. The molecule has 6 heteroatoms. The zero-order valence-corrected chi connectivity index (χ0v) is 13.7. The molecule has 1 saturated heterocycles. The lowest BCUT2D eigenvalue weighted by Crippen LogP contribution is -2.32. The van der Waals surface area contributed by atoms with Crippen molar-refractivity contribution >= 4 is 5.91 Å². The van der Waals surface area contributed by atoms with Gasteiger partial charge in [0.15, 0.2) is 0 Å². The molecule has 3 rings (SSSR count). The van der Waals surface area contributed by atoms with E-state index in [2.05, 4.69) is 11.9 Å². The van der Waals surface area contributed by atoms with Crippen LogP contribution >= 0.6 is 0 Å². The maximum absolute atomic E-state index is 12.5. The minimum absolute atomic E-state index is 0.0658. The van der Waals surface area contributed by atoms with Gasteiger partial charge in [0.1, 0.15) is 17.3 Å². The fraction of sp³-hybridized carbons (Fsp3) is 0.529. The fourth-order valence-electron chi connectivity index (χ4n) is 3.22. The second-order valence-electron chi connectivity index (χ2n) is 6.16.